The molecule has 0 aliphatic rings. The molecule has 0 fully saturated rings. The quantitative estimate of drug-likeness (QED) is 0.657. The first-order valence-corrected chi connectivity index (χ1v) is 7.14. The Morgan fingerprint density at radius 2 is 2.05 bits per heavy atom. The van der Waals surface area contributed by atoms with Gasteiger partial charge in [-0.25, -0.2) is 9.59 Å². The smallest absolute Gasteiger partial charge is 0.331 e. The second-order valence-electron chi connectivity index (χ2n) is 5.21. The third-order valence-corrected chi connectivity index (χ3v) is 2.85. The molecule has 6 nitrogen and oxygen atoms in total. The Hall–Kier alpha value is -2.15. The maximum Gasteiger partial charge on any atom is 0.331 e. The summed E-state index contributed by atoms with van der Waals surface area (Å²) in [4.78, 5) is 35.1. The van der Waals surface area contributed by atoms with E-state index in [1.807, 2.05) is 17.5 Å². The Balaban J connectivity index is 2.29. The van der Waals surface area contributed by atoms with Gasteiger partial charge in [0.05, 0.1) is 0 Å². The number of hydrogen-bond donors (Lipinski definition) is 2. The maximum atomic E-state index is 11.4. The van der Waals surface area contributed by atoms with E-state index in [2.05, 4.69) is 10.6 Å². The van der Waals surface area contributed by atoms with E-state index in [1.54, 1.807) is 26.8 Å². The topological polar surface area (TPSA) is 84.5 Å². The predicted molar refractivity (Wildman–Crippen MR) is 80.7 cm³/mol. The zero-order valence-electron chi connectivity index (χ0n) is 12.1. The maximum absolute atomic E-state index is 11.4. The van der Waals surface area contributed by atoms with Crippen molar-refractivity contribution in [3.63, 3.8) is 0 Å². The van der Waals surface area contributed by atoms with Gasteiger partial charge in [0.25, 0.3) is 5.91 Å². The highest BCUT2D eigenvalue weighted by Crippen LogP contribution is 2.10. The van der Waals surface area contributed by atoms with Crippen LogP contribution < -0.4 is 10.6 Å². The molecule has 21 heavy (non-hydrogen) atoms. The number of ether oxygens (including phenoxy) is 1. The van der Waals surface area contributed by atoms with Crippen LogP contribution in [0, 0.1) is 0 Å². The van der Waals surface area contributed by atoms with Crippen molar-refractivity contribution in [1.82, 2.24) is 10.6 Å². The Bertz CT molecular complexity index is 530. The number of rotatable bonds is 4. The van der Waals surface area contributed by atoms with Gasteiger partial charge in [-0.15, -0.1) is 11.3 Å². The third-order valence-electron chi connectivity index (χ3n) is 2.01. The Morgan fingerprint density at radius 1 is 1.33 bits per heavy atom. The molecule has 3 amide bonds. The van der Waals surface area contributed by atoms with E-state index >= 15 is 0 Å². The molecule has 0 atom stereocenters. The first kappa shape index (κ1) is 16.9. The highest BCUT2D eigenvalue weighted by Gasteiger charge is 2.16. The normalized spacial score (nSPS) is 11.2. The largest absolute Gasteiger partial charge is 0.452 e. The highest BCUT2D eigenvalue weighted by atomic mass is 32.1. The van der Waals surface area contributed by atoms with Gasteiger partial charge in [-0.1, -0.05) is 6.07 Å². The second-order valence-corrected chi connectivity index (χ2v) is 6.19. The summed E-state index contributed by atoms with van der Waals surface area (Å²) < 4.78 is 4.72. The van der Waals surface area contributed by atoms with E-state index in [4.69, 9.17) is 4.74 Å². The molecule has 2 N–H and O–H groups in total. The molecule has 0 aromatic carbocycles. The monoisotopic (exact) mass is 310 g/mol. The number of hydrogen-bond acceptors (Lipinski definition) is 5. The third kappa shape index (κ3) is 7.88. The molecule has 1 aromatic rings. The summed E-state index contributed by atoms with van der Waals surface area (Å²) >= 11 is 1.48. The van der Waals surface area contributed by atoms with Crippen LogP contribution >= 0.6 is 11.3 Å². The number of amides is 3. The van der Waals surface area contributed by atoms with Crippen molar-refractivity contribution in [1.29, 1.82) is 0 Å². The van der Waals surface area contributed by atoms with Gasteiger partial charge in [0.2, 0.25) is 0 Å². The van der Waals surface area contributed by atoms with Gasteiger partial charge in [-0.3, -0.25) is 10.1 Å². The van der Waals surface area contributed by atoms with Crippen molar-refractivity contribution in [3.05, 3.63) is 28.5 Å². The van der Waals surface area contributed by atoms with Gasteiger partial charge in [-0.05, 0) is 38.3 Å². The summed E-state index contributed by atoms with van der Waals surface area (Å²) in [7, 11) is 0. The summed E-state index contributed by atoms with van der Waals surface area (Å²) in [5.74, 6) is -1.33. The van der Waals surface area contributed by atoms with Gasteiger partial charge in [0.1, 0.15) is 0 Å². The zero-order chi connectivity index (χ0) is 15.9. The summed E-state index contributed by atoms with van der Waals surface area (Å²) in [6, 6.07) is 3.08. The van der Waals surface area contributed by atoms with E-state index < -0.39 is 30.1 Å². The zero-order valence-corrected chi connectivity index (χ0v) is 13.0. The molecule has 0 aliphatic heterocycles. The molecule has 0 unspecified atom stereocenters. The van der Waals surface area contributed by atoms with Gasteiger partial charge < -0.3 is 10.1 Å². The number of thiophene rings is 1. The van der Waals surface area contributed by atoms with Gasteiger partial charge >= 0.3 is 12.0 Å². The van der Waals surface area contributed by atoms with Crippen molar-refractivity contribution < 1.29 is 19.1 Å². The number of carbonyl (C=O) groups excluding carboxylic acids is 3. The van der Waals surface area contributed by atoms with Gasteiger partial charge in [0.15, 0.2) is 6.61 Å². The van der Waals surface area contributed by atoms with Crippen LogP contribution in [0.1, 0.15) is 25.6 Å². The number of imide groups is 1. The number of urea groups is 1. The molecule has 1 rings (SSSR count). The van der Waals surface area contributed by atoms with Crippen LogP contribution in [0.4, 0.5) is 4.79 Å². The molecular formula is C14H18N2O4S. The highest BCUT2D eigenvalue weighted by molar-refractivity contribution is 7.10. The van der Waals surface area contributed by atoms with Crippen molar-refractivity contribution >= 4 is 35.3 Å². The lowest BCUT2D eigenvalue weighted by Gasteiger charge is -2.20. The van der Waals surface area contributed by atoms with E-state index in [0.717, 1.165) is 4.88 Å². The summed E-state index contributed by atoms with van der Waals surface area (Å²) in [5, 5.41) is 6.51. The van der Waals surface area contributed by atoms with Crippen molar-refractivity contribution in [2.75, 3.05) is 6.61 Å². The van der Waals surface area contributed by atoms with Crippen LogP contribution in [-0.2, 0) is 14.3 Å². The summed E-state index contributed by atoms with van der Waals surface area (Å²) in [6.07, 6.45) is 2.82. The van der Waals surface area contributed by atoms with Crippen LogP contribution in [0.25, 0.3) is 6.08 Å². The molecule has 0 saturated heterocycles. The SMILES string of the molecule is CC(C)(C)NC(=O)NC(=O)COC(=O)/C=C/c1cccs1. The Morgan fingerprint density at radius 3 is 2.62 bits per heavy atom. The lowest BCUT2D eigenvalue weighted by molar-refractivity contribution is -0.143. The predicted octanol–water partition coefficient (Wildman–Crippen LogP) is 1.93. The first-order chi connectivity index (χ1) is 9.76. The minimum atomic E-state index is -0.686. The fourth-order valence-corrected chi connectivity index (χ4v) is 1.87. The van der Waals surface area contributed by atoms with Crippen molar-refractivity contribution in [2.45, 2.75) is 26.3 Å². The molecule has 1 heterocycles. The van der Waals surface area contributed by atoms with Gasteiger partial charge in [0, 0.05) is 16.5 Å². The minimum Gasteiger partial charge on any atom is -0.452 e. The van der Waals surface area contributed by atoms with Crippen LogP contribution in [0.3, 0.4) is 0 Å². The molecular weight excluding hydrogens is 292 g/mol. The van der Waals surface area contributed by atoms with E-state index in [9.17, 15) is 14.4 Å². The lowest BCUT2D eigenvalue weighted by atomic mass is 10.1. The molecule has 0 radical (unpaired) electrons. The van der Waals surface area contributed by atoms with Crippen LogP contribution in [0.2, 0.25) is 0 Å². The molecule has 7 heteroatoms. The minimum absolute atomic E-state index is 0.454. The second kappa shape index (κ2) is 7.58. The summed E-state index contributed by atoms with van der Waals surface area (Å²) in [5.41, 5.74) is -0.454. The fraction of sp³-hybridized carbons (Fsp3) is 0.357. The molecule has 0 spiro atoms. The standard InChI is InChI=1S/C14H18N2O4S/c1-14(2,3)16-13(19)15-11(17)9-20-12(18)7-6-10-5-4-8-21-10/h4-8H,9H2,1-3H3,(H2,15,16,17,19)/b7-6+. The fourth-order valence-electron chi connectivity index (χ4n) is 1.26. The van der Waals surface area contributed by atoms with Crippen molar-refractivity contribution in [3.8, 4) is 0 Å². The Labute approximate surface area is 127 Å². The molecule has 0 saturated carbocycles. The van der Waals surface area contributed by atoms with Crippen LogP contribution in [0.15, 0.2) is 23.6 Å². The van der Waals surface area contributed by atoms with E-state index in [-0.39, 0.29) is 0 Å². The van der Waals surface area contributed by atoms with Crippen molar-refractivity contribution in [2.24, 2.45) is 0 Å². The van der Waals surface area contributed by atoms with E-state index in [1.165, 1.54) is 17.4 Å². The van der Waals surface area contributed by atoms with Gasteiger partial charge in [-0.2, -0.15) is 0 Å². The molecule has 1 aromatic heterocycles. The average molecular weight is 310 g/mol. The number of esters is 1. The number of nitrogens with one attached hydrogen (secondary N) is 2. The number of carbonyl (C=O) groups is 3. The molecule has 114 valence electrons. The molecule has 0 aliphatic carbocycles. The van der Waals surface area contributed by atoms with Crippen LogP contribution in [-0.4, -0.2) is 30.1 Å². The first-order valence-electron chi connectivity index (χ1n) is 6.26. The lowest BCUT2D eigenvalue weighted by Crippen LogP contribution is -2.49. The summed E-state index contributed by atoms with van der Waals surface area (Å²) in [6.45, 7) is 4.84. The van der Waals surface area contributed by atoms with E-state index in [0.29, 0.717) is 0 Å². The average Bonchev–Trinajstić information content (AvgIpc) is 2.84. The Kier molecular flexibility index (Phi) is 6.10. The van der Waals surface area contributed by atoms with Crippen LogP contribution in [0.5, 0.6) is 0 Å². The molecule has 0 bridgehead atoms.